The Kier molecular flexibility index (Phi) is 5.92. The van der Waals surface area contributed by atoms with E-state index < -0.39 is 0 Å². The average molecular weight is 305 g/mol. The second-order valence-corrected chi connectivity index (χ2v) is 5.94. The molecule has 1 aromatic rings. The second kappa shape index (κ2) is 7.92. The summed E-state index contributed by atoms with van der Waals surface area (Å²) in [7, 11) is 3.26. The van der Waals surface area contributed by atoms with Gasteiger partial charge in [0.1, 0.15) is 11.5 Å². The number of ether oxygens (including phenoxy) is 2. The van der Waals surface area contributed by atoms with Gasteiger partial charge in [-0.1, -0.05) is 26.2 Å². The molecule has 0 bridgehead atoms. The lowest BCUT2D eigenvalue weighted by atomic mass is 9.80. The van der Waals surface area contributed by atoms with E-state index >= 15 is 0 Å². The standard InChI is InChI=1S/C17H27N3O2/c1-12-6-4-5-7-13(12)11-19-17(18)20-15-10-14(21-2)8-9-16(15)22-3/h8-10,12-13H,4-7,11H2,1-3H3,(H3,18,19,20). The average Bonchev–Trinajstić information content (AvgIpc) is 2.54. The number of hydrogen-bond donors (Lipinski definition) is 2. The van der Waals surface area contributed by atoms with Gasteiger partial charge in [0.25, 0.3) is 0 Å². The van der Waals surface area contributed by atoms with E-state index in [1.165, 1.54) is 25.7 Å². The summed E-state index contributed by atoms with van der Waals surface area (Å²) in [5.74, 6) is 3.25. The van der Waals surface area contributed by atoms with E-state index in [4.69, 9.17) is 15.2 Å². The molecule has 2 unspecified atom stereocenters. The van der Waals surface area contributed by atoms with Gasteiger partial charge in [-0.05, 0) is 30.4 Å². The van der Waals surface area contributed by atoms with E-state index in [1.807, 2.05) is 18.2 Å². The molecule has 0 spiro atoms. The van der Waals surface area contributed by atoms with Gasteiger partial charge in [-0.3, -0.25) is 4.99 Å². The van der Waals surface area contributed by atoms with Crippen molar-refractivity contribution in [2.45, 2.75) is 32.6 Å². The Bertz CT molecular complexity index is 517. The van der Waals surface area contributed by atoms with Crippen LogP contribution in [-0.4, -0.2) is 26.7 Å². The molecule has 0 aliphatic heterocycles. The fourth-order valence-electron chi connectivity index (χ4n) is 2.97. The quantitative estimate of drug-likeness (QED) is 0.647. The van der Waals surface area contributed by atoms with E-state index in [9.17, 15) is 0 Å². The summed E-state index contributed by atoms with van der Waals surface area (Å²) in [6.45, 7) is 3.10. The molecule has 5 heteroatoms. The van der Waals surface area contributed by atoms with E-state index in [2.05, 4.69) is 17.2 Å². The lowest BCUT2D eigenvalue weighted by Crippen LogP contribution is -2.26. The summed E-state index contributed by atoms with van der Waals surface area (Å²) in [4.78, 5) is 4.51. The third-order valence-electron chi connectivity index (χ3n) is 4.45. The van der Waals surface area contributed by atoms with Gasteiger partial charge in [0.2, 0.25) is 0 Å². The molecule has 0 aromatic heterocycles. The number of benzene rings is 1. The number of nitrogens with zero attached hydrogens (tertiary/aromatic N) is 1. The molecule has 1 saturated carbocycles. The SMILES string of the molecule is COc1ccc(OC)c(NC(N)=NCC2CCCCC2C)c1. The second-order valence-electron chi connectivity index (χ2n) is 5.94. The number of anilines is 1. The molecule has 2 rings (SSSR count). The molecule has 0 radical (unpaired) electrons. The molecule has 2 atom stereocenters. The molecular formula is C17H27N3O2. The summed E-state index contributed by atoms with van der Waals surface area (Å²) in [6, 6.07) is 5.54. The molecule has 22 heavy (non-hydrogen) atoms. The molecular weight excluding hydrogens is 278 g/mol. The predicted octanol–water partition coefficient (Wildman–Crippen LogP) is 3.26. The normalized spacial score (nSPS) is 22.2. The fourth-order valence-corrected chi connectivity index (χ4v) is 2.97. The first-order chi connectivity index (χ1) is 10.6. The highest BCUT2D eigenvalue weighted by molar-refractivity contribution is 5.94. The maximum absolute atomic E-state index is 6.03. The zero-order valence-electron chi connectivity index (χ0n) is 13.8. The van der Waals surface area contributed by atoms with Crippen molar-refractivity contribution in [1.82, 2.24) is 0 Å². The zero-order chi connectivity index (χ0) is 15.9. The molecule has 1 aliphatic rings. The summed E-state index contributed by atoms with van der Waals surface area (Å²) >= 11 is 0. The number of methoxy groups -OCH3 is 2. The van der Waals surface area contributed by atoms with Crippen molar-refractivity contribution in [2.24, 2.45) is 22.6 Å². The fraction of sp³-hybridized carbons (Fsp3) is 0.588. The Hall–Kier alpha value is -1.91. The summed E-state index contributed by atoms with van der Waals surface area (Å²) in [5, 5.41) is 3.11. The first-order valence-corrected chi connectivity index (χ1v) is 7.93. The number of rotatable bonds is 5. The van der Waals surface area contributed by atoms with Crippen LogP contribution < -0.4 is 20.5 Å². The minimum absolute atomic E-state index is 0.421. The smallest absolute Gasteiger partial charge is 0.193 e. The zero-order valence-corrected chi connectivity index (χ0v) is 13.8. The highest BCUT2D eigenvalue weighted by atomic mass is 16.5. The first kappa shape index (κ1) is 16.5. The maximum Gasteiger partial charge on any atom is 0.193 e. The van der Waals surface area contributed by atoms with Crippen molar-refractivity contribution < 1.29 is 9.47 Å². The van der Waals surface area contributed by atoms with Crippen LogP contribution in [0.3, 0.4) is 0 Å². The van der Waals surface area contributed by atoms with Gasteiger partial charge in [-0.15, -0.1) is 0 Å². The van der Waals surface area contributed by atoms with Crippen molar-refractivity contribution in [3.05, 3.63) is 18.2 Å². The first-order valence-electron chi connectivity index (χ1n) is 7.93. The van der Waals surface area contributed by atoms with Crippen LogP contribution in [0, 0.1) is 11.8 Å². The molecule has 122 valence electrons. The number of nitrogens with two attached hydrogens (primary N) is 1. The molecule has 0 heterocycles. The van der Waals surface area contributed by atoms with Crippen molar-refractivity contribution in [3.8, 4) is 11.5 Å². The Morgan fingerprint density at radius 2 is 2.05 bits per heavy atom. The van der Waals surface area contributed by atoms with Crippen LogP contribution in [0.4, 0.5) is 5.69 Å². The largest absolute Gasteiger partial charge is 0.497 e. The Morgan fingerprint density at radius 3 is 2.73 bits per heavy atom. The number of aliphatic imine (C=N–C) groups is 1. The molecule has 5 nitrogen and oxygen atoms in total. The van der Waals surface area contributed by atoms with Gasteiger partial charge in [0.15, 0.2) is 5.96 Å². The van der Waals surface area contributed by atoms with Crippen LogP contribution in [0.5, 0.6) is 11.5 Å². The molecule has 0 amide bonds. The maximum atomic E-state index is 6.03. The van der Waals surface area contributed by atoms with Crippen molar-refractivity contribution in [2.75, 3.05) is 26.1 Å². The van der Waals surface area contributed by atoms with Crippen LogP contribution in [0.2, 0.25) is 0 Å². The highest BCUT2D eigenvalue weighted by Gasteiger charge is 2.20. The van der Waals surface area contributed by atoms with Gasteiger partial charge >= 0.3 is 0 Å². The van der Waals surface area contributed by atoms with Gasteiger partial charge in [-0.25, -0.2) is 0 Å². The molecule has 1 aliphatic carbocycles. The topological polar surface area (TPSA) is 68.9 Å². The van der Waals surface area contributed by atoms with Crippen LogP contribution >= 0.6 is 0 Å². The van der Waals surface area contributed by atoms with Gasteiger partial charge in [0, 0.05) is 12.6 Å². The van der Waals surface area contributed by atoms with E-state index in [-0.39, 0.29) is 0 Å². The van der Waals surface area contributed by atoms with Gasteiger partial charge in [0.05, 0.1) is 19.9 Å². The van der Waals surface area contributed by atoms with E-state index in [1.54, 1.807) is 14.2 Å². The van der Waals surface area contributed by atoms with Crippen molar-refractivity contribution >= 4 is 11.6 Å². The monoisotopic (exact) mass is 305 g/mol. The van der Waals surface area contributed by atoms with E-state index in [0.29, 0.717) is 17.6 Å². The Labute approximate surface area is 132 Å². The molecule has 3 N–H and O–H groups in total. The highest BCUT2D eigenvalue weighted by Crippen LogP contribution is 2.30. The van der Waals surface area contributed by atoms with Gasteiger partial charge < -0.3 is 20.5 Å². The number of hydrogen-bond acceptors (Lipinski definition) is 3. The van der Waals surface area contributed by atoms with Crippen LogP contribution in [0.25, 0.3) is 0 Å². The minimum atomic E-state index is 0.421. The Balaban J connectivity index is 2.01. The summed E-state index contributed by atoms with van der Waals surface area (Å²) in [5.41, 5.74) is 6.79. The van der Waals surface area contributed by atoms with E-state index in [0.717, 1.165) is 23.9 Å². The molecule has 1 aromatic carbocycles. The lowest BCUT2D eigenvalue weighted by Gasteiger charge is -2.27. The van der Waals surface area contributed by atoms with Crippen molar-refractivity contribution in [3.63, 3.8) is 0 Å². The van der Waals surface area contributed by atoms with Crippen LogP contribution in [-0.2, 0) is 0 Å². The Morgan fingerprint density at radius 1 is 1.27 bits per heavy atom. The third kappa shape index (κ3) is 4.29. The van der Waals surface area contributed by atoms with Crippen molar-refractivity contribution in [1.29, 1.82) is 0 Å². The van der Waals surface area contributed by atoms with Gasteiger partial charge in [-0.2, -0.15) is 0 Å². The third-order valence-corrected chi connectivity index (χ3v) is 4.45. The predicted molar refractivity (Wildman–Crippen MR) is 90.8 cm³/mol. The molecule has 1 fully saturated rings. The summed E-state index contributed by atoms with van der Waals surface area (Å²) < 4.78 is 10.6. The molecule has 0 saturated heterocycles. The lowest BCUT2D eigenvalue weighted by molar-refractivity contribution is 0.264. The number of nitrogens with one attached hydrogen (secondary N) is 1. The van der Waals surface area contributed by atoms with Crippen LogP contribution in [0.1, 0.15) is 32.6 Å². The minimum Gasteiger partial charge on any atom is -0.497 e. The summed E-state index contributed by atoms with van der Waals surface area (Å²) in [6.07, 6.45) is 5.20. The number of guanidine groups is 1. The van der Waals surface area contributed by atoms with Crippen LogP contribution in [0.15, 0.2) is 23.2 Å².